The van der Waals surface area contributed by atoms with Crippen molar-refractivity contribution >= 4 is 11.7 Å². The highest BCUT2D eigenvalue weighted by atomic mass is 16.2. The molecule has 1 unspecified atom stereocenters. The maximum absolute atomic E-state index is 11.3. The molecule has 3 nitrogen and oxygen atoms in total. The van der Waals surface area contributed by atoms with Crippen molar-refractivity contribution < 1.29 is 9.59 Å². The van der Waals surface area contributed by atoms with Crippen LogP contribution < -0.4 is 5.32 Å². The van der Waals surface area contributed by atoms with Gasteiger partial charge in [-0.1, -0.05) is 20.8 Å². The number of nitrogens with one attached hydrogen (secondary N) is 1. The lowest BCUT2D eigenvalue weighted by Crippen LogP contribution is -2.35. The number of rotatable bonds is 2. The molecule has 1 amide bonds. The summed E-state index contributed by atoms with van der Waals surface area (Å²) in [6.07, 6.45) is 1.10. The van der Waals surface area contributed by atoms with E-state index in [0.717, 1.165) is 0 Å². The molecule has 0 radical (unpaired) electrons. The van der Waals surface area contributed by atoms with Gasteiger partial charge in [-0.2, -0.15) is 0 Å². The average Bonchev–Trinajstić information content (AvgIpc) is 2.50. The van der Waals surface area contributed by atoms with Crippen molar-refractivity contribution in [1.29, 1.82) is 0 Å². The van der Waals surface area contributed by atoms with Gasteiger partial charge in [0.25, 0.3) is 0 Å². The van der Waals surface area contributed by atoms with E-state index < -0.39 is 5.41 Å². The molecule has 0 saturated carbocycles. The first-order chi connectivity index (χ1) is 6.11. The Balaban J connectivity index is 0.000000671. The summed E-state index contributed by atoms with van der Waals surface area (Å²) < 4.78 is 0. The fourth-order valence-electron chi connectivity index (χ4n) is 1.39. The van der Waals surface area contributed by atoms with Gasteiger partial charge in [0.15, 0.2) is 0 Å². The topological polar surface area (TPSA) is 46.2 Å². The number of Topliss-reactive ketones (excluding diaryl/α,β-unsaturated/α-hetero) is 1. The van der Waals surface area contributed by atoms with E-state index in [1.165, 1.54) is 0 Å². The van der Waals surface area contributed by atoms with Crippen LogP contribution in [0.2, 0.25) is 0 Å². The average molecular weight is 185 g/mol. The van der Waals surface area contributed by atoms with Gasteiger partial charge in [-0.15, -0.1) is 0 Å². The van der Waals surface area contributed by atoms with Crippen molar-refractivity contribution in [2.75, 3.05) is 6.54 Å². The first-order valence-electron chi connectivity index (χ1n) is 4.93. The van der Waals surface area contributed by atoms with Crippen LogP contribution >= 0.6 is 0 Å². The zero-order valence-electron chi connectivity index (χ0n) is 8.94. The minimum atomic E-state index is -0.727. The summed E-state index contributed by atoms with van der Waals surface area (Å²) in [5, 5.41) is 2.67. The standard InChI is InChI=1S/C8H13NO2.C2H6/c1-3-6(10)8(2)4-5-9-7(8)11;1-2/h3-5H2,1-2H3,(H,9,11);1-2H3. The Morgan fingerprint density at radius 1 is 1.54 bits per heavy atom. The summed E-state index contributed by atoms with van der Waals surface area (Å²) >= 11 is 0. The van der Waals surface area contributed by atoms with E-state index in [-0.39, 0.29) is 11.7 Å². The lowest BCUT2D eigenvalue weighted by molar-refractivity contribution is -0.138. The molecule has 1 N–H and O–H groups in total. The van der Waals surface area contributed by atoms with E-state index in [2.05, 4.69) is 5.32 Å². The third-order valence-corrected chi connectivity index (χ3v) is 2.35. The summed E-state index contributed by atoms with van der Waals surface area (Å²) in [6.45, 7) is 8.15. The summed E-state index contributed by atoms with van der Waals surface area (Å²) in [5.41, 5.74) is -0.727. The Bertz CT molecular complexity index is 201. The van der Waals surface area contributed by atoms with Crippen molar-refractivity contribution in [2.45, 2.75) is 40.5 Å². The van der Waals surface area contributed by atoms with E-state index in [1.807, 2.05) is 13.8 Å². The van der Waals surface area contributed by atoms with Crippen LogP contribution in [-0.2, 0) is 9.59 Å². The van der Waals surface area contributed by atoms with Gasteiger partial charge < -0.3 is 5.32 Å². The smallest absolute Gasteiger partial charge is 0.233 e. The van der Waals surface area contributed by atoms with Crippen LogP contribution in [0.4, 0.5) is 0 Å². The quantitative estimate of drug-likeness (QED) is 0.663. The van der Waals surface area contributed by atoms with Crippen LogP contribution in [0.3, 0.4) is 0 Å². The Kier molecular flexibility index (Phi) is 4.67. The second kappa shape index (κ2) is 5.00. The van der Waals surface area contributed by atoms with E-state index in [0.29, 0.717) is 19.4 Å². The molecule has 1 fully saturated rings. The van der Waals surface area contributed by atoms with Gasteiger partial charge in [0, 0.05) is 13.0 Å². The fraction of sp³-hybridized carbons (Fsp3) is 0.800. The Morgan fingerprint density at radius 3 is 2.38 bits per heavy atom. The molecule has 0 aromatic rings. The van der Waals surface area contributed by atoms with Crippen molar-refractivity contribution in [1.82, 2.24) is 5.32 Å². The first-order valence-corrected chi connectivity index (χ1v) is 4.93. The molecule has 1 aliphatic heterocycles. The third kappa shape index (κ3) is 2.29. The minimum Gasteiger partial charge on any atom is -0.355 e. The lowest BCUT2D eigenvalue weighted by Gasteiger charge is -2.16. The molecule has 0 bridgehead atoms. The van der Waals surface area contributed by atoms with Gasteiger partial charge in [-0.3, -0.25) is 9.59 Å². The number of carbonyl (C=O) groups excluding carboxylic acids is 2. The molecule has 0 aromatic carbocycles. The van der Waals surface area contributed by atoms with Crippen molar-refractivity contribution in [2.24, 2.45) is 5.41 Å². The second-order valence-electron chi connectivity index (χ2n) is 3.11. The number of hydrogen-bond donors (Lipinski definition) is 1. The van der Waals surface area contributed by atoms with Crippen molar-refractivity contribution in [3.05, 3.63) is 0 Å². The van der Waals surface area contributed by atoms with Gasteiger partial charge in [0.1, 0.15) is 11.2 Å². The Labute approximate surface area is 79.9 Å². The summed E-state index contributed by atoms with van der Waals surface area (Å²) in [4.78, 5) is 22.4. The lowest BCUT2D eigenvalue weighted by atomic mass is 9.83. The predicted molar refractivity (Wildman–Crippen MR) is 52.4 cm³/mol. The first kappa shape index (κ1) is 12.1. The zero-order valence-corrected chi connectivity index (χ0v) is 8.94. The molecule has 1 heterocycles. The summed E-state index contributed by atoms with van der Waals surface area (Å²) in [5.74, 6) is -0.0585. The molecule has 0 aliphatic carbocycles. The monoisotopic (exact) mass is 185 g/mol. The molecule has 1 saturated heterocycles. The number of ketones is 1. The molecule has 0 spiro atoms. The molecule has 1 aliphatic rings. The van der Waals surface area contributed by atoms with E-state index >= 15 is 0 Å². The van der Waals surface area contributed by atoms with Gasteiger partial charge in [-0.05, 0) is 13.3 Å². The number of hydrogen-bond acceptors (Lipinski definition) is 2. The fourth-order valence-corrected chi connectivity index (χ4v) is 1.39. The van der Waals surface area contributed by atoms with Crippen LogP contribution in [0, 0.1) is 5.41 Å². The second-order valence-corrected chi connectivity index (χ2v) is 3.11. The van der Waals surface area contributed by atoms with Gasteiger partial charge in [-0.25, -0.2) is 0 Å². The molecule has 1 rings (SSSR count). The number of amides is 1. The Hall–Kier alpha value is -0.860. The van der Waals surface area contributed by atoms with Gasteiger partial charge >= 0.3 is 0 Å². The van der Waals surface area contributed by atoms with Crippen LogP contribution in [0.15, 0.2) is 0 Å². The van der Waals surface area contributed by atoms with Crippen molar-refractivity contribution in [3.8, 4) is 0 Å². The maximum atomic E-state index is 11.3. The van der Waals surface area contributed by atoms with E-state index in [4.69, 9.17) is 0 Å². The SMILES string of the molecule is CC.CCC(=O)C1(C)CCNC1=O. The minimum absolute atomic E-state index is 0.0486. The van der Waals surface area contributed by atoms with Crippen LogP contribution in [0.25, 0.3) is 0 Å². The highest BCUT2D eigenvalue weighted by molar-refractivity contribution is 6.06. The summed E-state index contributed by atoms with van der Waals surface area (Å²) in [7, 11) is 0. The third-order valence-electron chi connectivity index (χ3n) is 2.35. The highest BCUT2D eigenvalue weighted by Crippen LogP contribution is 2.27. The predicted octanol–water partition coefficient (Wildman–Crippen LogP) is 1.52. The molecule has 0 aromatic heterocycles. The van der Waals surface area contributed by atoms with Gasteiger partial charge in [0.2, 0.25) is 5.91 Å². The zero-order chi connectivity index (χ0) is 10.5. The van der Waals surface area contributed by atoms with Crippen LogP contribution in [0.1, 0.15) is 40.5 Å². The molecule has 3 heteroatoms. The van der Waals surface area contributed by atoms with E-state index in [1.54, 1.807) is 13.8 Å². The Morgan fingerprint density at radius 2 is 2.08 bits per heavy atom. The number of carbonyl (C=O) groups is 2. The molecular formula is C10H19NO2. The van der Waals surface area contributed by atoms with Gasteiger partial charge in [0.05, 0.1) is 0 Å². The van der Waals surface area contributed by atoms with Crippen LogP contribution in [-0.4, -0.2) is 18.2 Å². The van der Waals surface area contributed by atoms with E-state index in [9.17, 15) is 9.59 Å². The molecule has 76 valence electrons. The normalized spacial score (nSPS) is 26.0. The molecule has 13 heavy (non-hydrogen) atoms. The summed E-state index contributed by atoms with van der Waals surface area (Å²) in [6, 6.07) is 0. The molecule has 1 atom stereocenters. The molecular weight excluding hydrogens is 166 g/mol. The largest absolute Gasteiger partial charge is 0.355 e. The van der Waals surface area contributed by atoms with Crippen molar-refractivity contribution in [3.63, 3.8) is 0 Å². The highest BCUT2D eigenvalue weighted by Gasteiger charge is 2.42. The maximum Gasteiger partial charge on any atom is 0.233 e. The van der Waals surface area contributed by atoms with Crippen LogP contribution in [0.5, 0.6) is 0 Å².